The molecule has 0 radical (unpaired) electrons. The van der Waals surface area contributed by atoms with E-state index in [1.165, 1.54) is 0 Å². The lowest BCUT2D eigenvalue weighted by atomic mass is 10.1. The first-order valence-corrected chi connectivity index (χ1v) is 4.55. The molecule has 0 aliphatic heterocycles. The van der Waals surface area contributed by atoms with E-state index in [9.17, 15) is 4.79 Å². The Balaban J connectivity index is 3.00. The van der Waals surface area contributed by atoms with E-state index in [0.717, 1.165) is 11.3 Å². The van der Waals surface area contributed by atoms with E-state index in [2.05, 4.69) is 0 Å². The molecular weight excluding hydrogens is 180 g/mol. The monoisotopic (exact) mass is 194 g/mol. The van der Waals surface area contributed by atoms with Crippen molar-refractivity contribution in [3.8, 4) is 0 Å². The highest BCUT2D eigenvalue weighted by atomic mass is 16.4. The van der Waals surface area contributed by atoms with Crippen molar-refractivity contribution in [3.05, 3.63) is 28.7 Å². The molecule has 1 heterocycles. The number of hydrogen-bond donors (Lipinski definition) is 1. The fourth-order valence-corrected chi connectivity index (χ4v) is 1.16. The smallest absolute Gasteiger partial charge is 0.331 e. The van der Waals surface area contributed by atoms with Crippen molar-refractivity contribution in [1.29, 1.82) is 0 Å². The Morgan fingerprint density at radius 2 is 2.21 bits per heavy atom. The standard InChI is InChI=1S/C11H14O3/c1-4-9(11(12)13)6-10-5-7(2)8(3)14-10/h5-6H,4H2,1-3H3,(H,12,13). The third kappa shape index (κ3) is 2.25. The zero-order chi connectivity index (χ0) is 10.7. The van der Waals surface area contributed by atoms with E-state index in [1.54, 1.807) is 6.08 Å². The van der Waals surface area contributed by atoms with Gasteiger partial charge in [-0.1, -0.05) is 6.92 Å². The number of hydrogen-bond acceptors (Lipinski definition) is 2. The van der Waals surface area contributed by atoms with Crippen LogP contribution in [0.4, 0.5) is 0 Å². The Morgan fingerprint density at radius 1 is 1.57 bits per heavy atom. The summed E-state index contributed by atoms with van der Waals surface area (Å²) in [6.07, 6.45) is 2.07. The first kappa shape index (κ1) is 10.6. The molecule has 0 saturated heterocycles. The molecule has 0 aromatic carbocycles. The maximum absolute atomic E-state index is 10.7. The zero-order valence-electron chi connectivity index (χ0n) is 8.63. The van der Waals surface area contributed by atoms with Crippen LogP contribution in [0.25, 0.3) is 6.08 Å². The van der Waals surface area contributed by atoms with E-state index in [4.69, 9.17) is 9.52 Å². The first-order chi connectivity index (χ1) is 6.54. The van der Waals surface area contributed by atoms with E-state index < -0.39 is 5.97 Å². The van der Waals surface area contributed by atoms with Gasteiger partial charge in [-0.2, -0.15) is 0 Å². The number of carbonyl (C=O) groups is 1. The van der Waals surface area contributed by atoms with Crippen molar-refractivity contribution in [2.45, 2.75) is 27.2 Å². The average molecular weight is 194 g/mol. The van der Waals surface area contributed by atoms with Crippen LogP contribution in [0.15, 0.2) is 16.1 Å². The van der Waals surface area contributed by atoms with Crippen molar-refractivity contribution in [2.24, 2.45) is 0 Å². The molecule has 3 nitrogen and oxygen atoms in total. The van der Waals surface area contributed by atoms with Crippen LogP contribution in [0.1, 0.15) is 30.4 Å². The molecule has 14 heavy (non-hydrogen) atoms. The third-order valence-electron chi connectivity index (χ3n) is 2.16. The Kier molecular flexibility index (Phi) is 3.12. The molecule has 0 atom stereocenters. The van der Waals surface area contributed by atoms with Crippen LogP contribution in [0.3, 0.4) is 0 Å². The lowest BCUT2D eigenvalue weighted by Crippen LogP contribution is -1.98. The summed E-state index contributed by atoms with van der Waals surface area (Å²) >= 11 is 0. The Hall–Kier alpha value is -1.51. The summed E-state index contributed by atoms with van der Waals surface area (Å²) in [4.78, 5) is 10.7. The van der Waals surface area contributed by atoms with Gasteiger partial charge in [0.2, 0.25) is 0 Å². The number of rotatable bonds is 3. The largest absolute Gasteiger partial charge is 0.478 e. The third-order valence-corrected chi connectivity index (χ3v) is 2.16. The lowest BCUT2D eigenvalue weighted by Gasteiger charge is -1.94. The SMILES string of the molecule is CCC(=Cc1cc(C)c(C)o1)C(=O)O. The topological polar surface area (TPSA) is 50.4 Å². The molecule has 0 aliphatic carbocycles. The molecular formula is C11H14O3. The van der Waals surface area contributed by atoms with E-state index in [0.29, 0.717) is 17.8 Å². The second-order valence-electron chi connectivity index (χ2n) is 3.22. The summed E-state index contributed by atoms with van der Waals surface area (Å²) in [7, 11) is 0. The van der Waals surface area contributed by atoms with Crippen LogP contribution in [0.5, 0.6) is 0 Å². The maximum atomic E-state index is 10.7. The van der Waals surface area contributed by atoms with Gasteiger partial charge in [0.25, 0.3) is 0 Å². The van der Waals surface area contributed by atoms with Crippen LogP contribution >= 0.6 is 0 Å². The highest BCUT2D eigenvalue weighted by Gasteiger charge is 2.07. The molecule has 0 unspecified atom stereocenters. The minimum absolute atomic E-state index is 0.360. The van der Waals surface area contributed by atoms with Gasteiger partial charge < -0.3 is 9.52 Å². The number of carboxylic acid groups (broad SMARTS) is 1. The Labute approximate surface area is 83.0 Å². The minimum atomic E-state index is -0.890. The predicted octanol–water partition coefficient (Wildman–Crippen LogP) is 2.77. The van der Waals surface area contributed by atoms with E-state index in [1.807, 2.05) is 26.8 Å². The highest BCUT2D eigenvalue weighted by molar-refractivity contribution is 5.91. The van der Waals surface area contributed by atoms with Crippen molar-refractivity contribution in [2.75, 3.05) is 0 Å². The van der Waals surface area contributed by atoms with Gasteiger partial charge in [-0.25, -0.2) is 4.79 Å². The molecule has 76 valence electrons. The molecule has 0 fully saturated rings. The van der Waals surface area contributed by atoms with Crippen LogP contribution in [-0.4, -0.2) is 11.1 Å². The fourth-order valence-electron chi connectivity index (χ4n) is 1.16. The lowest BCUT2D eigenvalue weighted by molar-refractivity contribution is -0.132. The molecule has 3 heteroatoms. The molecule has 0 aliphatic rings. The van der Waals surface area contributed by atoms with Gasteiger partial charge >= 0.3 is 5.97 Å². The van der Waals surface area contributed by atoms with Crippen LogP contribution in [-0.2, 0) is 4.79 Å². The van der Waals surface area contributed by atoms with Crippen molar-refractivity contribution in [3.63, 3.8) is 0 Å². The average Bonchev–Trinajstić information content (AvgIpc) is 2.41. The van der Waals surface area contributed by atoms with Gasteiger partial charge in [0.05, 0.1) is 0 Å². The maximum Gasteiger partial charge on any atom is 0.331 e. The first-order valence-electron chi connectivity index (χ1n) is 4.55. The van der Waals surface area contributed by atoms with E-state index in [-0.39, 0.29) is 0 Å². The molecule has 0 bridgehead atoms. The summed E-state index contributed by atoms with van der Waals surface area (Å²) in [6, 6.07) is 1.84. The molecule has 1 aromatic heterocycles. The van der Waals surface area contributed by atoms with Crippen molar-refractivity contribution in [1.82, 2.24) is 0 Å². The van der Waals surface area contributed by atoms with Gasteiger partial charge in [-0.05, 0) is 38.0 Å². The zero-order valence-corrected chi connectivity index (χ0v) is 8.63. The van der Waals surface area contributed by atoms with Gasteiger partial charge in [0, 0.05) is 5.57 Å². The summed E-state index contributed by atoms with van der Waals surface area (Å²) < 4.78 is 5.36. The van der Waals surface area contributed by atoms with E-state index >= 15 is 0 Å². The minimum Gasteiger partial charge on any atom is -0.478 e. The van der Waals surface area contributed by atoms with Gasteiger partial charge in [-0.15, -0.1) is 0 Å². The number of carboxylic acids is 1. The second-order valence-corrected chi connectivity index (χ2v) is 3.22. The number of furan rings is 1. The quantitative estimate of drug-likeness (QED) is 0.752. The number of aryl methyl sites for hydroxylation is 2. The van der Waals surface area contributed by atoms with Crippen LogP contribution in [0, 0.1) is 13.8 Å². The highest BCUT2D eigenvalue weighted by Crippen LogP contribution is 2.17. The number of aliphatic carboxylic acids is 1. The Bertz CT molecular complexity index is 352. The molecule has 0 spiro atoms. The summed E-state index contributed by atoms with van der Waals surface area (Å²) in [5.41, 5.74) is 1.40. The van der Waals surface area contributed by atoms with Crippen molar-refractivity contribution < 1.29 is 14.3 Å². The van der Waals surface area contributed by atoms with Crippen LogP contribution in [0.2, 0.25) is 0 Å². The van der Waals surface area contributed by atoms with Gasteiger partial charge in [-0.3, -0.25) is 0 Å². The Morgan fingerprint density at radius 3 is 2.57 bits per heavy atom. The van der Waals surface area contributed by atoms with Gasteiger partial charge in [0.1, 0.15) is 11.5 Å². The molecule has 0 saturated carbocycles. The molecule has 0 amide bonds. The summed E-state index contributed by atoms with van der Waals surface area (Å²) in [5, 5.41) is 8.80. The van der Waals surface area contributed by atoms with Crippen LogP contribution < -0.4 is 0 Å². The summed E-state index contributed by atoms with van der Waals surface area (Å²) in [5.74, 6) is 0.551. The second kappa shape index (κ2) is 4.13. The fraction of sp³-hybridized carbons (Fsp3) is 0.364. The summed E-state index contributed by atoms with van der Waals surface area (Å²) in [6.45, 7) is 5.60. The predicted molar refractivity (Wildman–Crippen MR) is 54.1 cm³/mol. The molecule has 1 N–H and O–H groups in total. The van der Waals surface area contributed by atoms with Crippen molar-refractivity contribution >= 4 is 12.0 Å². The molecule has 1 aromatic rings. The molecule has 1 rings (SSSR count). The van der Waals surface area contributed by atoms with Gasteiger partial charge in [0.15, 0.2) is 0 Å². The normalized spacial score (nSPS) is 11.8.